The second kappa shape index (κ2) is 4.81. The van der Waals surface area contributed by atoms with E-state index in [4.69, 9.17) is 10.00 Å². The number of aromatic nitrogens is 2. The lowest BCUT2D eigenvalue weighted by molar-refractivity contribution is 0.0522. The molecule has 0 bridgehead atoms. The molecular weight excluding hydrogens is 357 g/mol. The topological polar surface area (TPSA) is 67.9 Å². The van der Waals surface area contributed by atoms with Gasteiger partial charge in [0.2, 0.25) is 0 Å². The van der Waals surface area contributed by atoms with Crippen LogP contribution in [0.15, 0.2) is 18.2 Å². The molecule has 98 valence electrons. The van der Waals surface area contributed by atoms with Gasteiger partial charge in [0.1, 0.15) is 9.30 Å². The molecule has 0 amide bonds. The van der Waals surface area contributed by atoms with Gasteiger partial charge in [-0.3, -0.25) is 0 Å². The maximum atomic E-state index is 12.1. The number of rotatable bonds is 0. The summed E-state index contributed by atoms with van der Waals surface area (Å²) in [6.07, 6.45) is -0.523. The van der Waals surface area contributed by atoms with Crippen LogP contribution in [0.5, 0.6) is 0 Å². The molecule has 0 saturated heterocycles. The first-order valence-corrected chi connectivity index (χ1v) is 6.71. The number of carbonyl (C=O) groups is 1. The summed E-state index contributed by atoms with van der Waals surface area (Å²) >= 11 is 2.03. The van der Waals surface area contributed by atoms with Crippen molar-refractivity contribution in [2.45, 2.75) is 26.4 Å². The highest BCUT2D eigenvalue weighted by molar-refractivity contribution is 14.1. The maximum absolute atomic E-state index is 12.1. The first-order chi connectivity index (χ1) is 8.81. The lowest BCUT2D eigenvalue weighted by atomic mass is 10.2. The van der Waals surface area contributed by atoms with Crippen LogP contribution in [0.1, 0.15) is 26.3 Å². The van der Waals surface area contributed by atoms with Crippen molar-refractivity contribution >= 4 is 39.6 Å². The Morgan fingerprint density at radius 1 is 1.47 bits per heavy atom. The molecule has 0 saturated carbocycles. The molecule has 19 heavy (non-hydrogen) atoms. The van der Waals surface area contributed by atoms with Crippen LogP contribution in [0.3, 0.4) is 0 Å². The van der Waals surface area contributed by atoms with Crippen LogP contribution >= 0.6 is 22.6 Å². The van der Waals surface area contributed by atoms with E-state index in [9.17, 15) is 4.79 Å². The van der Waals surface area contributed by atoms with Crippen molar-refractivity contribution in [2.24, 2.45) is 0 Å². The summed E-state index contributed by atoms with van der Waals surface area (Å²) in [6.45, 7) is 5.40. The minimum Gasteiger partial charge on any atom is -0.442 e. The van der Waals surface area contributed by atoms with Gasteiger partial charge in [0.15, 0.2) is 0 Å². The van der Waals surface area contributed by atoms with Crippen LogP contribution in [0.2, 0.25) is 0 Å². The number of ether oxygens (including phenoxy) is 1. The Hall–Kier alpha value is -1.62. The molecule has 0 aliphatic rings. The third-order valence-electron chi connectivity index (χ3n) is 2.33. The zero-order chi connectivity index (χ0) is 14.2. The zero-order valence-electron chi connectivity index (χ0n) is 10.8. The summed E-state index contributed by atoms with van der Waals surface area (Å²) in [5.74, 6) is 0. The van der Waals surface area contributed by atoms with Crippen molar-refractivity contribution in [1.82, 2.24) is 9.78 Å². The Bertz CT molecular complexity index is 692. The molecular formula is C13H12IN3O2. The fourth-order valence-corrected chi connectivity index (χ4v) is 2.24. The molecule has 0 fully saturated rings. The van der Waals surface area contributed by atoms with E-state index in [0.29, 0.717) is 14.8 Å². The summed E-state index contributed by atoms with van der Waals surface area (Å²) in [5, 5.41) is 13.8. The molecule has 1 heterocycles. The zero-order valence-corrected chi connectivity index (χ0v) is 12.9. The Balaban J connectivity index is 2.52. The lowest BCUT2D eigenvalue weighted by Crippen LogP contribution is -2.27. The molecule has 0 unspecified atom stereocenters. The lowest BCUT2D eigenvalue weighted by Gasteiger charge is -2.19. The van der Waals surface area contributed by atoms with E-state index in [0.717, 1.165) is 5.39 Å². The van der Waals surface area contributed by atoms with Gasteiger partial charge in [-0.2, -0.15) is 15.0 Å². The van der Waals surface area contributed by atoms with Crippen molar-refractivity contribution in [3.05, 3.63) is 27.5 Å². The first kappa shape index (κ1) is 13.8. The monoisotopic (exact) mass is 369 g/mol. The van der Waals surface area contributed by atoms with E-state index in [1.165, 1.54) is 4.68 Å². The van der Waals surface area contributed by atoms with Crippen molar-refractivity contribution < 1.29 is 9.53 Å². The Morgan fingerprint density at radius 2 is 2.16 bits per heavy atom. The summed E-state index contributed by atoms with van der Waals surface area (Å²) in [4.78, 5) is 12.1. The van der Waals surface area contributed by atoms with E-state index >= 15 is 0 Å². The summed E-state index contributed by atoms with van der Waals surface area (Å²) < 4.78 is 7.18. The molecule has 0 spiro atoms. The van der Waals surface area contributed by atoms with Gasteiger partial charge in [-0.15, -0.1) is 0 Å². The average Bonchev–Trinajstić information content (AvgIpc) is 2.64. The van der Waals surface area contributed by atoms with Crippen molar-refractivity contribution in [2.75, 3.05) is 0 Å². The van der Waals surface area contributed by atoms with Crippen LogP contribution in [-0.2, 0) is 4.74 Å². The third-order valence-corrected chi connectivity index (χ3v) is 3.13. The largest absolute Gasteiger partial charge is 0.442 e. The minimum atomic E-state index is -0.576. The summed E-state index contributed by atoms with van der Waals surface area (Å²) in [6, 6.07) is 7.13. The molecule has 0 aliphatic carbocycles. The molecule has 0 radical (unpaired) electrons. The van der Waals surface area contributed by atoms with Gasteiger partial charge in [0.05, 0.1) is 17.1 Å². The van der Waals surface area contributed by atoms with Gasteiger partial charge >= 0.3 is 6.09 Å². The van der Waals surface area contributed by atoms with Gasteiger partial charge in [0.25, 0.3) is 0 Å². The van der Waals surface area contributed by atoms with E-state index in [1.807, 2.05) is 22.6 Å². The maximum Gasteiger partial charge on any atom is 0.435 e. The van der Waals surface area contributed by atoms with Crippen molar-refractivity contribution in [3.8, 4) is 6.07 Å². The normalized spacial score (nSPS) is 11.3. The fourth-order valence-electron chi connectivity index (χ4n) is 1.60. The highest BCUT2D eigenvalue weighted by Gasteiger charge is 2.21. The second-order valence-corrected chi connectivity index (χ2v) is 6.05. The van der Waals surface area contributed by atoms with E-state index in [2.05, 4.69) is 11.2 Å². The fraction of sp³-hybridized carbons (Fsp3) is 0.308. The van der Waals surface area contributed by atoms with E-state index < -0.39 is 11.7 Å². The predicted molar refractivity (Wildman–Crippen MR) is 78.8 cm³/mol. The standard InChI is InChI=1S/C13H12IN3O2/c1-13(2,3)19-12(18)17-10-5-4-8(7-15)6-9(10)11(14)16-17/h4-6H,1-3H3. The highest BCUT2D eigenvalue weighted by Crippen LogP contribution is 2.22. The quantitative estimate of drug-likeness (QED) is 0.669. The van der Waals surface area contributed by atoms with Crippen molar-refractivity contribution in [3.63, 3.8) is 0 Å². The molecule has 1 aromatic carbocycles. The summed E-state index contributed by atoms with van der Waals surface area (Å²) in [7, 11) is 0. The minimum absolute atomic E-state index is 0.523. The predicted octanol–water partition coefficient (Wildman–Crippen LogP) is 3.30. The van der Waals surface area contributed by atoms with Gasteiger partial charge in [-0.1, -0.05) is 0 Å². The number of benzene rings is 1. The van der Waals surface area contributed by atoms with Crippen LogP contribution in [0, 0.1) is 15.0 Å². The Kier molecular flexibility index (Phi) is 3.49. The van der Waals surface area contributed by atoms with Crippen LogP contribution in [0.4, 0.5) is 4.79 Å². The number of hydrogen-bond donors (Lipinski definition) is 0. The molecule has 0 aliphatic heterocycles. The third kappa shape index (κ3) is 2.87. The Labute approximate surface area is 124 Å². The number of hydrogen-bond acceptors (Lipinski definition) is 4. The van der Waals surface area contributed by atoms with Crippen LogP contribution in [0.25, 0.3) is 10.9 Å². The van der Waals surface area contributed by atoms with Gasteiger partial charge in [0, 0.05) is 5.39 Å². The van der Waals surface area contributed by atoms with Crippen LogP contribution < -0.4 is 0 Å². The van der Waals surface area contributed by atoms with Crippen LogP contribution in [-0.4, -0.2) is 21.5 Å². The molecule has 1 aromatic heterocycles. The van der Waals surface area contributed by atoms with E-state index in [-0.39, 0.29) is 0 Å². The number of carbonyl (C=O) groups excluding carboxylic acids is 1. The average molecular weight is 369 g/mol. The molecule has 2 aromatic rings. The summed E-state index contributed by atoms with van der Waals surface area (Å²) in [5.41, 5.74) is 0.597. The highest BCUT2D eigenvalue weighted by atomic mass is 127. The Morgan fingerprint density at radius 3 is 2.74 bits per heavy atom. The SMILES string of the molecule is CC(C)(C)OC(=O)n1nc(I)c2cc(C#N)ccc21. The number of nitriles is 1. The van der Waals surface area contributed by atoms with Crippen molar-refractivity contribution in [1.29, 1.82) is 5.26 Å². The molecule has 0 atom stereocenters. The second-order valence-electron chi connectivity index (χ2n) is 5.03. The molecule has 6 heteroatoms. The number of halogens is 1. The molecule has 2 rings (SSSR count). The molecule has 0 N–H and O–H groups in total. The van der Waals surface area contributed by atoms with Gasteiger partial charge in [-0.05, 0) is 61.6 Å². The first-order valence-electron chi connectivity index (χ1n) is 5.63. The number of fused-ring (bicyclic) bond motifs is 1. The van der Waals surface area contributed by atoms with E-state index in [1.54, 1.807) is 39.0 Å². The number of nitrogens with zero attached hydrogens (tertiary/aromatic N) is 3. The molecule has 5 nitrogen and oxygen atoms in total. The smallest absolute Gasteiger partial charge is 0.435 e. The van der Waals surface area contributed by atoms with Gasteiger partial charge in [-0.25, -0.2) is 4.79 Å². The van der Waals surface area contributed by atoms with Gasteiger partial charge < -0.3 is 4.74 Å².